The monoisotopic (exact) mass is 255 g/mol. The van der Waals surface area contributed by atoms with E-state index < -0.39 is 0 Å². The van der Waals surface area contributed by atoms with Gasteiger partial charge in [-0.1, -0.05) is 26.2 Å². The van der Waals surface area contributed by atoms with Crippen LogP contribution in [0.3, 0.4) is 0 Å². The Balaban J connectivity index is 1.68. The summed E-state index contributed by atoms with van der Waals surface area (Å²) in [6.07, 6.45) is 9.74. The zero-order valence-electron chi connectivity index (χ0n) is 12.0. The summed E-state index contributed by atoms with van der Waals surface area (Å²) in [5.74, 6) is 0.805. The molecule has 1 N–H and O–H groups in total. The number of rotatable bonds is 7. The third-order valence-electron chi connectivity index (χ3n) is 4.41. The number of ether oxygens (including phenoxy) is 2. The van der Waals surface area contributed by atoms with E-state index in [1.807, 2.05) is 7.05 Å². The molecule has 3 atom stereocenters. The predicted octanol–water partition coefficient (Wildman–Crippen LogP) is 2.74. The van der Waals surface area contributed by atoms with E-state index in [1.54, 1.807) is 0 Å². The summed E-state index contributed by atoms with van der Waals surface area (Å²) in [6.45, 7) is 3.96. The average molecular weight is 255 g/mol. The fourth-order valence-corrected chi connectivity index (χ4v) is 3.12. The van der Waals surface area contributed by atoms with E-state index in [0.717, 1.165) is 32.0 Å². The van der Waals surface area contributed by atoms with Crippen molar-refractivity contribution in [3.63, 3.8) is 0 Å². The summed E-state index contributed by atoms with van der Waals surface area (Å²) in [5.41, 5.74) is 0. The van der Waals surface area contributed by atoms with E-state index in [1.165, 1.54) is 32.1 Å². The molecule has 0 aromatic heterocycles. The molecule has 0 saturated heterocycles. The first kappa shape index (κ1) is 14.3. The minimum absolute atomic E-state index is 0.276. The molecule has 0 spiro atoms. The Bertz CT molecular complexity index is 229. The van der Waals surface area contributed by atoms with Crippen molar-refractivity contribution in [1.29, 1.82) is 0 Å². The molecule has 3 nitrogen and oxygen atoms in total. The van der Waals surface area contributed by atoms with E-state index in [2.05, 4.69) is 12.2 Å². The van der Waals surface area contributed by atoms with Gasteiger partial charge in [0.1, 0.15) is 0 Å². The molecule has 18 heavy (non-hydrogen) atoms. The van der Waals surface area contributed by atoms with E-state index in [-0.39, 0.29) is 6.10 Å². The summed E-state index contributed by atoms with van der Waals surface area (Å²) < 4.78 is 12.0. The quantitative estimate of drug-likeness (QED) is 0.759. The second kappa shape index (κ2) is 7.46. The molecule has 0 aromatic rings. The zero-order valence-corrected chi connectivity index (χ0v) is 12.0. The highest BCUT2D eigenvalue weighted by Crippen LogP contribution is 2.30. The van der Waals surface area contributed by atoms with Gasteiger partial charge in [0.2, 0.25) is 0 Å². The Morgan fingerprint density at radius 1 is 1.11 bits per heavy atom. The Labute approximate surface area is 112 Å². The number of hydrogen-bond acceptors (Lipinski definition) is 3. The molecule has 0 aromatic carbocycles. The van der Waals surface area contributed by atoms with Gasteiger partial charge in [-0.2, -0.15) is 0 Å². The van der Waals surface area contributed by atoms with Gasteiger partial charge in [-0.15, -0.1) is 0 Å². The van der Waals surface area contributed by atoms with Gasteiger partial charge in [-0.3, -0.25) is 0 Å². The highest BCUT2D eigenvalue weighted by molar-refractivity contribution is 4.96. The van der Waals surface area contributed by atoms with Gasteiger partial charge in [-0.05, 0) is 38.6 Å². The molecular formula is C15H29NO2. The molecule has 0 amide bonds. The van der Waals surface area contributed by atoms with Gasteiger partial charge >= 0.3 is 0 Å². The molecule has 3 unspecified atom stereocenters. The van der Waals surface area contributed by atoms with Crippen LogP contribution in [-0.2, 0) is 9.47 Å². The minimum Gasteiger partial charge on any atom is -0.375 e. The predicted molar refractivity (Wildman–Crippen MR) is 73.8 cm³/mol. The molecule has 2 aliphatic rings. The summed E-state index contributed by atoms with van der Waals surface area (Å²) in [5, 5.41) is 3.32. The van der Waals surface area contributed by atoms with E-state index in [4.69, 9.17) is 9.47 Å². The third-order valence-corrected chi connectivity index (χ3v) is 4.41. The molecule has 3 heteroatoms. The Morgan fingerprint density at radius 2 is 1.89 bits per heavy atom. The Hall–Kier alpha value is -0.120. The number of hydrogen-bond donors (Lipinski definition) is 1. The largest absolute Gasteiger partial charge is 0.375 e. The summed E-state index contributed by atoms with van der Waals surface area (Å²) in [7, 11) is 2.02. The maximum absolute atomic E-state index is 6.09. The van der Waals surface area contributed by atoms with Crippen LogP contribution in [0.5, 0.6) is 0 Å². The van der Waals surface area contributed by atoms with Crippen LogP contribution < -0.4 is 5.32 Å². The lowest BCUT2D eigenvalue weighted by atomic mass is 9.84. The van der Waals surface area contributed by atoms with Crippen LogP contribution in [0.25, 0.3) is 0 Å². The lowest BCUT2D eigenvalue weighted by molar-refractivity contribution is -0.152. The second-order valence-electron chi connectivity index (χ2n) is 5.84. The topological polar surface area (TPSA) is 30.5 Å². The molecule has 0 aliphatic heterocycles. The standard InChI is InChI=1S/C15H29NO2/c1-3-9-17-15-13(16-2)10-14(15)18-11-12-7-5-4-6-8-12/h12-16H,3-11H2,1-2H3. The van der Waals surface area contributed by atoms with E-state index >= 15 is 0 Å². The summed E-state index contributed by atoms with van der Waals surface area (Å²) in [4.78, 5) is 0. The summed E-state index contributed by atoms with van der Waals surface area (Å²) >= 11 is 0. The van der Waals surface area contributed by atoms with Gasteiger partial charge in [-0.25, -0.2) is 0 Å². The van der Waals surface area contributed by atoms with E-state index in [0.29, 0.717) is 12.1 Å². The van der Waals surface area contributed by atoms with Crippen molar-refractivity contribution in [2.24, 2.45) is 5.92 Å². The van der Waals surface area contributed by atoms with Gasteiger partial charge in [0.25, 0.3) is 0 Å². The molecule has 2 aliphatic carbocycles. The van der Waals surface area contributed by atoms with Crippen LogP contribution in [0.2, 0.25) is 0 Å². The van der Waals surface area contributed by atoms with Crippen molar-refractivity contribution >= 4 is 0 Å². The minimum atomic E-state index is 0.276. The van der Waals surface area contributed by atoms with Crippen molar-refractivity contribution in [3.05, 3.63) is 0 Å². The van der Waals surface area contributed by atoms with Crippen LogP contribution >= 0.6 is 0 Å². The fraction of sp³-hybridized carbons (Fsp3) is 1.00. The number of likely N-dealkylation sites (N-methyl/N-ethyl adjacent to an activating group) is 1. The second-order valence-corrected chi connectivity index (χ2v) is 5.84. The molecule has 0 bridgehead atoms. The molecule has 2 rings (SSSR count). The first-order valence-electron chi connectivity index (χ1n) is 7.75. The first-order valence-corrected chi connectivity index (χ1v) is 7.75. The average Bonchev–Trinajstić information content (AvgIpc) is 2.39. The van der Waals surface area contributed by atoms with E-state index in [9.17, 15) is 0 Å². The maximum atomic E-state index is 6.09. The van der Waals surface area contributed by atoms with Crippen LogP contribution in [0.1, 0.15) is 51.9 Å². The van der Waals surface area contributed by atoms with Gasteiger partial charge < -0.3 is 14.8 Å². The first-order chi connectivity index (χ1) is 8.85. The summed E-state index contributed by atoms with van der Waals surface area (Å²) in [6, 6.07) is 0.493. The normalized spacial score (nSPS) is 33.3. The SMILES string of the molecule is CCCOC1C(NC)CC1OCC1CCCCC1. The molecule has 106 valence electrons. The lowest BCUT2D eigenvalue weighted by Gasteiger charge is -2.44. The van der Waals surface area contributed by atoms with Crippen molar-refractivity contribution in [3.8, 4) is 0 Å². The van der Waals surface area contributed by atoms with Gasteiger partial charge in [0.05, 0.1) is 12.2 Å². The maximum Gasteiger partial charge on any atom is 0.0990 e. The smallest absolute Gasteiger partial charge is 0.0990 e. The fourth-order valence-electron chi connectivity index (χ4n) is 3.12. The van der Waals surface area contributed by atoms with Gasteiger partial charge in [0, 0.05) is 19.3 Å². The van der Waals surface area contributed by atoms with Gasteiger partial charge in [0.15, 0.2) is 0 Å². The Kier molecular flexibility index (Phi) is 5.93. The lowest BCUT2D eigenvalue weighted by Crippen LogP contribution is -2.59. The van der Waals surface area contributed by atoms with Crippen molar-refractivity contribution in [2.75, 3.05) is 20.3 Å². The van der Waals surface area contributed by atoms with Crippen LogP contribution in [0.4, 0.5) is 0 Å². The number of nitrogens with one attached hydrogen (secondary N) is 1. The molecule has 0 radical (unpaired) electrons. The van der Waals surface area contributed by atoms with Crippen molar-refractivity contribution in [2.45, 2.75) is 70.1 Å². The van der Waals surface area contributed by atoms with Crippen LogP contribution in [0.15, 0.2) is 0 Å². The highest BCUT2D eigenvalue weighted by atomic mass is 16.5. The molecular weight excluding hydrogens is 226 g/mol. The van der Waals surface area contributed by atoms with Crippen molar-refractivity contribution < 1.29 is 9.47 Å². The molecule has 2 fully saturated rings. The Morgan fingerprint density at radius 3 is 2.56 bits per heavy atom. The van der Waals surface area contributed by atoms with Crippen LogP contribution in [-0.4, -0.2) is 38.5 Å². The molecule has 2 saturated carbocycles. The third kappa shape index (κ3) is 3.69. The van der Waals surface area contributed by atoms with Crippen molar-refractivity contribution in [1.82, 2.24) is 5.32 Å². The highest BCUT2D eigenvalue weighted by Gasteiger charge is 2.42. The van der Waals surface area contributed by atoms with Crippen LogP contribution in [0, 0.1) is 5.92 Å². The molecule has 0 heterocycles. The zero-order chi connectivity index (χ0) is 12.8.